The number of aliphatic carboxylic acids is 2. The zero-order valence-electron chi connectivity index (χ0n) is 19.3. The van der Waals surface area contributed by atoms with E-state index in [0.717, 1.165) is 37.8 Å². The topological polar surface area (TPSA) is 103 Å². The fraction of sp³-hybridized carbons (Fsp3) is 0.682. The van der Waals surface area contributed by atoms with Gasteiger partial charge in [0.15, 0.2) is 0 Å². The molecule has 0 bridgehead atoms. The van der Waals surface area contributed by atoms with Crippen molar-refractivity contribution < 1.29 is 50.9 Å². The van der Waals surface area contributed by atoms with Crippen LogP contribution in [0.2, 0.25) is 0 Å². The highest BCUT2D eigenvalue weighted by Crippen LogP contribution is 2.34. The van der Waals surface area contributed by atoms with Crippen molar-refractivity contribution in [1.82, 2.24) is 14.8 Å². The van der Waals surface area contributed by atoms with Gasteiger partial charge in [0.05, 0.1) is 0 Å². The van der Waals surface area contributed by atoms with Gasteiger partial charge in [-0.2, -0.15) is 26.3 Å². The first kappa shape index (κ1) is 29.8. The fourth-order valence-electron chi connectivity index (χ4n) is 4.57. The van der Waals surface area contributed by atoms with Crippen molar-refractivity contribution in [2.75, 3.05) is 32.8 Å². The fourth-order valence-corrected chi connectivity index (χ4v) is 4.57. The van der Waals surface area contributed by atoms with E-state index in [2.05, 4.69) is 26.9 Å². The first-order valence-electron chi connectivity index (χ1n) is 11.3. The van der Waals surface area contributed by atoms with E-state index in [1.165, 1.54) is 50.9 Å². The number of pyridine rings is 1. The number of nitrogens with zero attached hydrogens (tertiary/aromatic N) is 3. The van der Waals surface area contributed by atoms with Crippen LogP contribution in [0.15, 0.2) is 24.5 Å². The summed E-state index contributed by atoms with van der Waals surface area (Å²) in [6.07, 6.45) is -1.09. The molecule has 8 nitrogen and oxygen atoms in total. The molecule has 4 rings (SSSR count). The molecular formula is C22H29F6N3O5. The lowest BCUT2D eigenvalue weighted by molar-refractivity contribution is -0.193. The van der Waals surface area contributed by atoms with Crippen LogP contribution in [-0.4, -0.2) is 94.2 Å². The second kappa shape index (κ2) is 13.2. The van der Waals surface area contributed by atoms with E-state index >= 15 is 0 Å². The SMILES string of the molecule is O=C(O)C(F)(F)F.O=C(O)C(F)(F)F.c1cncc(CN2CC[C@@H]3[C@@H]2CCN3CC2CCOCC2)c1. The van der Waals surface area contributed by atoms with Crippen LogP contribution in [-0.2, 0) is 20.9 Å². The summed E-state index contributed by atoms with van der Waals surface area (Å²) in [7, 11) is 0. The summed E-state index contributed by atoms with van der Waals surface area (Å²) in [6.45, 7) is 6.84. The minimum atomic E-state index is -5.08. The zero-order chi connectivity index (χ0) is 26.9. The molecule has 3 saturated heterocycles. The number of ether oxygens (including phenoxy) is 1. The lowest BCUT2D eigenvalue weighted by atomic mass is 9.99. The van der Waals surface area contributed by atoms with E-state index < -0.39 is 24.3 Å². The molecule has 1 aromatic rings. The normalized spacial score (nSPS) is 23.2. The third-order valence-corrected chi connectivity index (χ3v) is 6.23. The Hall–Kier alpha value is -2.45. The molecule has 0 spiro atoms. The van der Waals surface area contributed by atoms with Crippen LogP contribution in [0.1, 0.15) is 31.2 Å². The predicted octanol–water partition coefficient (Wildman–Crippen LogP) is 3.42. The number of carbonyl (C=O) groups is 2. The molecule has 0 aliphatic carbocycles. The van der Waals surface area contributed by atoms with E-state index in [9.17, 15) is 26.3 Å². The van der Waals surface area contributed by atoms with Gasteiger partial charge in [-0.1, -0.05) is 6.07 Å². The number of aromatic nitrogens is 1. The molecule has 0 unspecified atom stereocenters. The summed E-state index contributed by atoms with van der Waals surface area (Å²) in [6, 6.07) is 5.81. The Kier molecular flexibility index (Phi) is 10.9. The standard InChI is InChI=1S/C18H27N3O.2C2HF3O2/c1-2-16(12-19-7-1)14-21-9-4-17-18(21)3-8-20(17)13-15-5-10-22-11-6-15;2*3-2(4,5)1(6)7/h1-2,7,12,15,17-18H,3-6,8-11,13-14H2;2*(H,6,7)/t17-,18+;;/m1../s1. The highest BCUT2D eigenvalue weighted by molar-refractivity contribution is 5.73. The van der Waals surface area contributed by atoms with Crippen molar-refractivity contribution in [3.05, 3.63) is 30.1 Å². The van der Waals surface area contributed by atoms with Crippen LogP contribution in [0.5, 0.6) is 0 Å². The maximum atomic E-state index is 10.6. The molecule has 36 heavy (non-hydrogen) atoms. The molecule has 2 N–H and O–H groups in total. The molecule has 0 aromatic carbocycles. The molecule has 0 amide bonds. The highest BCUT2D eigenvalue weighted by atomic mass is 19.4. The number of hydrogen-bond acceptors (Lipinski definition) is 6. The molecular weight excluding hydrogens is 500 g/mol. The summed E-state index contributed by atoms with van der Waals surface area (Å²) in [5.41, 5.74) is 1.35. The smallest absolute Gasteiger partial charge is 0.475 e. The maximum Gasteiger partial charge on any atom is 0.490 e. The molecule has 4 heterocycles. The number of halogens is 6. The second-order valence-electron chi connectivity index (χ2n) is 8.70. The lowest BCUT2D eigenvalue weighted by Gasteiger charge is -2.30. The summed E-state index contributed by atoms with van der Waals surface area (Å²) >= 11 is 0. The van der Waals surface area contributed by atoms with Gasteiger partial charge in [-0.3, -0.25) is 14.8 Å². The van der Waals surface area contributed by atoms with Gasteiger partial charge >= 0.3 is 24.3 Å². The summed E-state index contributed by atoms with van der Waals surface area (Å²) < 4.78 is 69.0. The molecule has 1 aromatic heterocycles. The van der Waals surface area contributed by atoms with Gasteiger partial charge in [-0.15, -0.1) is 0 Å². The number of fused-ring (bicyclic) bond motifs is 1. The molecule has 0 saturated carbocycles. The molecule has 2 atom stereocenters. The van der Waals surface area contributed by atoms with Crippen molar-refractivity contribution >= 4 is 11.9 Å². The molecule has 3 fully saturated rings. The average Bonchev–Trinajstić information content (AvgIpc) is 3.38. The minimum Gasteiger partial charge on any atom is -0.475 e. The number of carboxylic acids is 2. The van der Waals surface area contributed by atoms with Crippen molar-refractivity contribution in [2.45, 2.75) is 56.7 Å². The van der Waals surface area contributed by atoms with E-state index in [1.54, 1.807) is 0 Å². The molecule has 3 aliphatic heterocycles. The first-order valence-corrected chi connectivity index (χ1v) is 11.3. The number of hydrogen-bond donors (Lipinski definition) is 2. The van der Waals surface area contributed by atoms with Gasteiger partial charge in [0.2, 0.25) is 0 Å². The molecule has 3 aliphatic rings. The van der Waals surface area contributed by atoms with Crippen molar-refractivity contribution in [2.24, 2.45) is 5.92 Å². The van der Waals surface area contributed by atoms with Gasteiger partial charge in [-0.25, -0.2) is 9.59 Å². The maximum absolute atomic E-state index is 10.6. The van der Waals surface area contributed by atoms with Crippen molar-refractivity contribution in [1.29, 1.82) is 0 Å². The Bertz CT molecular complexity index is 810. The van der Waals surface area contributed by atoms with E-state index in [1.807, 2.05) is 12.4 Å². The van der Waals surface area contributed by atoms with Crippen molar-refractivity contribution in [3.63, 3.8) is 0 Å². The Morgan fingerprint density at radius 2 is 1.42 bits per heavy atom. The van der Waals surface area contributed by atoms with Crippen LogP contribution in [0, 0.1) is 5.92 Å². The first-order chi connectivity index (χ1) is 16.8. The van der Waals surface area contributed by atoms with Crippen LogP contribution in [0.3, 0.4) is 0 Å². The van der Waals surface area contributed by atoms with Gasteiger partial charge in [-0.05, 0) is 43.2 Å². The van der Waals surface area contributed by atoms with Crippen molar-refractivity contribution in [3.8, 4) is 0 Å². The number of alkyl halides is 6. The van der Waals surface area contributed by atoms with E-state index in [-0.39, 0.29) is 0 Å². The highest BCUT2D eigenvalue weighted by Gasteiger charge is 2.42. The quantitative estimate of drug-likeness (QED) is 0.573. The summed E-state index contributed by atoms with van der Waals surface area (Å²) in [5.74, 6) is -4.65. The Morgan fingerprint density at radius 1 is 0.917 bits per heavy atom. The molecule has 0 radical (unpaired) electrons. The van der Waals surface area contributed by atoms with Crippen LogP contribution in [0.4, 0.5) is 26.3 Å². The largest absolute Gasteiger partial charge is 0.490 e. The number of carboxylic acid groups (broad SMARTS) is 2. The lowest BCUT2D eigenvalue weighted by Crippen LogP contribution is -2.39. The predicted molar refractivity (Wildman–Crippen MR) is 114 cm³/mol. The van der Waals surface area contributed by atoms with E-state index in [4.69, 9.17) is 24.5 Å². The second-order valence-corrected chi connectivity index (χ2v) is 8.70. The van der Waals surface area contributed by atoms with Crippen LogP contribution in [0.25, 0.3) is 0 Å². The average molecular weight is 529 g/mol. The number of rotatable bonds is 4. The Balaban J connectivity index is 0.000000271. The minimum absolute atomic E-state index is 0.764. The zero-order valence-corrected chi connectivity index (χ0v) is 19.3. The third kappa shape index (κ3) is 9.54. The monoisotopic (exact) mass is 529 g/mol. The van der Waals surface area contributed by atoms with Gasteiger partial charge in [0.1, 0.15) is 0 Å². The van der Waals surface area contributed by atoms with Crippen LogP contribution < -0.4 is 0 Å². The summed E-state index contributed by atoms with van der Waals surface area (Å²) in [5, 5.41) is 14.2. The number of likely N-dealkylation sites (tertiary alicyclic amines) is 2. The molecule has 14 heteroatoms. The van der Waals surface area contributed by atoms with Gasteiger partial charge in [0.25, 0.3) is 0 Å². The van der Waals surface area contributed by atoms with E-state index in [0.29, 0.717) is 0 Å². The van der Waals surface area contributed by atoms with Gasteiger partial charge in [0, 0.05) is 63.9 Å². The van der Waals surface area contributed by atoms with Crippen LogP contribution >= 0.6 is 0 Å². The van der Waals surface area contributed by atoms with Gasteiger partial charge < -0.3 is 14.9 Å². The third-order valence-electron chi connectivity index (χ3n) is 6.23. The Morgan fingerprint density at radius 3 is 1.89 bits per heavy atom. The Labute approximate surface area is 203 Å². The summed E-state index contributed by atoms with van der Waals surface area (Å²) in [4.78, 5) is 27.5. The molecule has 204 valence electrons.